The van der Waals surface area contributed by atoms with Gasteiger partial charge in [-0.15, -0.1) is 0 Å². The number of Topliss-reactive ketones (excluding diaryl/α,β-unsaturated/α-hetero) is 1. The molecule has 23 heteroatoms. The predicted octanol–water partition coefficient (Wildman–Crippen LogP) is -5.68. The van der Waals surface area contributed by atoms with E-state index in [9.17, 15) is 48.9 Å². The van der Waals surface area contributed by atoms with E-state index in [0.717, 1.165) is 10.9 Å². The summed E-state index contributed by atoms with van der Waals surface area (Å²) in [5, 5.41) is 49.2. The molecule has 0 spiro atoms. The first kappa shape index (κ1) is 29.8. The molecule has 2 unspecified atom stereocenters. The average Bonchev–Trinajstić information content (AvgIpc) is 3.38. The molecule has 2 aliphatic rings. The van der Waals surface area contributed by atoms with Gasteiger partial charge in [-0.3, -0.25) is 32.8 Å². The maximum Gasteiger partial charge on any atom is 0.280 e. The van der Waals surface area contributed by atoms with Crippen molar-refractivity contribution in [3.63, 3.8) is 0 Å². The molecule has 10 atom stereocenters. The number of H-pyrrole nitrogens is 1. The van der Waals surface area contributed by atoms with Crippen molar-refractivity contribution in [1.29, 1.82) is 0 Å². The van der Waals surface area contributed by atoms with Gasteiger partial charge in [-0.25, -0.2) is 9.29 Å². The topological polar surface area (TPSA) is 334 Å². The zero-order valence-electron chi connectivity index (χ0n) is 19.2. The van der Waals surface area contributed by atoms with E-state index in [-0.39, 0.29) is 17.1 Å². The van der Waals surface area contributed by atoms with Crippen LogP contribution in [-0.2, 0) is 36.8 Å². The Morgan fingerprint density at radius 2 is 1.79 bits per heavy atom. The van der Waals surface area contributed by atoms with E-state index in [2.05, 4.69) is 28.3 Å². The first-order valence-corrected chi connectivity index (χ1v) is 13.6. The summed E-state index contributed by atoms with van der Waals surface area (Å²) in [5.41, 5.74) is 4.46. The quantitative estimate of drug-likeness (QED) is 0.132. The molecule has 2 saturated heterocycles. The summed E-state index contributed by atoms with van der Waals surface area (Å²) in [7, 11) is -11.8. The number of nitrogens with one attached hydrogen (secondary N) is 1. The van der Waals surface area contributed by atoms with Crippen LogP contribution in [0, 0.1) is 0 Å². The lowest BCUT2D eigenvalue weighted by Crippen LogP contribution is -2.56. The number of phosphoric ester groups is 2. The summed E-state index contributed by atoms with van der Waals surface area (Å²) < 4.78 is 47.9. The summed E-state index contributed by atoms with van der Waals surface area (Å²) in [5.74, 6) is -1.48. The minimum atomic E-state index is -5.94. The molecule has 39 heavy (non-hydrogen) atoms. The van der Waals surface area contributed by atoms with Gasteiger partial charge in [0.1, 0.15) is 36.6 Å². The number of aromatic nitrogens is 4. The summed E-state index contributed by atoms with van der Waals surface area (Å²) >= 11 is 0. The van der Waals surface area contributed by atoms with Crippen LogP contribution in [0.5, 0.6) is 0 Å². The van der Waals surface area contributed by atoms with Crippen molar-refractivity contribution >= 4 is 38.5 Å². The van der Waals surface area contributed by atoms with E-state index in [1.807, 2.05) is 0 Å². The zero-order valence-corrected chi connectivity index (χ0v) is 20.9. The van der Waals surface area contributed by atoms with E-state index in [1.54, 1.807) is 0 Å². The number of fused-ring (bicyclic) bond motifs is 1. The molecule has 2 aromatic heterocycles. The van der Waals surface area contributed by atoms with Gasteiger partial charge in [-0.05, 0) is 0 Å². The summed E-state index contributed by atoms with van der Waals surface area (Å²) in [6.07, 6.45) is -14.2. The highest BCUT2D eigenvalue weighted by molar-refractivity contribution is 7.59. The molecule has 0 aromatic carbocycles. The molecule has 2 fully saturated rings. The molecular weight excluding hydrogens is 580 g/mol. The van der Waals surface area contributed by atoms with Crippen LogP contribution >= 0.6 is 15.6 Å². The van der Waals surface area contributed by atoms with Gasteiger partial charge in [0, 0.05) is 0 Å². The normalized spacial score (nSPS) is 34.7. The van der Waals surface area contributed by atoms with Gasteiger partial charge in [0.15, 0.2) is 29.5 Å². The summed E-state index contributed by atoms with van der Waals surface area (Å²) in [4.78, 5) is 57.7. The Bertz CT molecular complexity index is 1380. The van der Waals surface area contributed by atoms with Crippen molar-refractivity contribution in [2.75, 3.05) is 18.9 Å². The number of phosphoric acid groups is 2. The summed E-state index contributed by atoms with van der Waals surface area (Å²) in [6.45, 7) is -2.12. The van der Waals surface area contributed by atoms with Gasteiger partial charge in [-0.1, -0.05) is 0 Å². The van der Waals surface area contributed by atoms with Crippen molar-refractivity contribution < 1.29 is 72.1 Å². The highest BCUT2D eigenvalue weighted by Crippen LogP contribution is 2.57. The Hall–Kier alpha value is -2.20. The molecule has 8 N–H and O–H groups in total. The first-order chi connectivity index (χ1) is 18.1. The number of aliphatic hydroxyl groups excluding tert-OH is 5. The number of aliphatic hydroxyl groups is 5. The molecule has 0 aliphatic carbocycles. The van der Waals surface area contributed by atoms with E-state index in [0.29, 0.717) is 0 Å². The number of ketones is 1. The molecule has 21 nitrogen and oxygen atoms in total. The molecule has 4 heterocycles. The van der Waals surface area contributed by atoms with Crippen molar-refractivity contribution in [3.8, 4) is 0 Å². The molecule has 0 radical (unpaired) electrons. The van der Waals surface area contributed by atoms with Crippen LogP contribution in [0.4, 0.5) is 5.95 Å². The molecular formula is C16H21N5O16P2-2. The third-order valence-corrected chi connectivity index (χ3v) is 8.10. The number of nitrogens with two attached hydrogens (primary N) is 1. The van der Waals surface area contributed by atoms with Gasteiger partial charge in [-0.2, -0.15) is 4.98 Å². The van der Waals surface area contributed by atoms with Crippen LogP contribution < -0.4 is 21.1 Å². The highest BCUT2D eigenvalue weighted by atomic mass is 31.3. The van der Waals surface area contributed by atoms with Crippen LogP contribution in [-0.4, -0.2) is 107 Å². The standard InChI is InChI=1S/C16H23N5O16P2/c17-16-19-12-6(13(28)20-16)18-3-21(12)14-10(26)8(24)5(34-14)2-33-38(29,30)37-39(31,32)36-15-11(27)9(25)7(23)4(1-22)35-15/h3-5,8-11,14-15,22,24-27H,1-2H2,(H,29,30)(H,31,32)(H3,17,19,20,28)/p-2/t4-,5+,8+,9+,10+,11-,14+,15+/m0/s1. The molecule has 2 aromatic rings. The lowest BCUT2D eigenvalue weighted by molar-refractivity contribution is -0.279. The second kappa shape index (κ2) is 11.0. The molecule has 218 valence electrons. The van der Waals surface area contributed by atoms with Gasteiger partial charge in [0.25, 0.3) is 21.2 Å². The van der Waals surface area contributed by atoms with Crippen molar-refractivity contribution in [2.24, 2.45) is 0 Å². The number of carbonyl (C=O) groups excluding carboxylic acids is 1. The number of rotatable bonds is 9. The number of hydrogen-bond donors (Lipinski definition) is 7. The Balaban J connectivity index is 1.40. The fraction of sp³-hybridized carbons (Fsp3) is 0.625. The van der Waals surface area contributed by atoms with Crippen LogP contribution in [0.25, 0.3) is 11.2 Å². The average molecular weight is 601 g/mol. The molecule has 0 amide bonds. The van der Waals surface area contributed by atoms with Crippen molar-refractivity contribution in [2.45, 2.75) is 49.1 Å². The number of aromatic amines is 1. The SMILES string of the molecule is Nc1nc2c(ncn2[C@@H]2O[C@H](COP(=O)([O-])OP(=O)([O-])O[C@H]3O[C@@H](CO)C(=O)[C@@H](O)[C@@H]3O)[C@@H](O)[C@H]2O)c(=O)[nH]1. The fourth-order valence-corrected chi connectivity index (χ4v) is 5.80. The van der Waals surface area contributed by atoms with E-state index >= 15 is 0 Å². The van der Waals surface area contributed by atoms with Gasteiger partial charge in [0.05, 0.1) is 19.5 Å². The molecule has 0 saturated carbocycles. The van der Waals surface area contributed by atoms with E-state index in [4.69, 9.17) is 20.3 Å². The number of nitrogens with zero attached hydrogens (tertiary/aromatic N) is 3. The van der Waals surface area contributed by atoms with Gasteiger partial charge in [0.2, 0.25) is 5.95 Å². The lowest BCUT2D eigenvalue weighted by Gasteiger charge is -2.38. The highest BCUT2D eigenvalue weighted by Gasteiger charge is 2.47. The molecule has 4 rings (SSSR count). The smallest absolute Gasteiger partial charge is 0.280 e. The zero-order chi connectivity index (χ0) is 28.9. The fourth-order valence-electron chi connectivity index (χ4n) is 3.72. The summed E-state index contributed by atoms with van der Waals surface area (Å²) in [6, 6.07) is 0. The second-order valence-electron chi connectivity index (χ2n) is 8.21. The number of ether oxygens (including phenoxy) is 2. The van der Waals surface area contributed by atoms with Crippen LogP contribution in [0.3, 0.4) is 0 Å². The van der Waals surface area contributed by atoms with Crippen LogP contribution in [0.2, 0.25) is 0 Å². The van der Waals surface area contributed by atoms with Crippen molar-refractivity contribution in [3.05, 3.63) is 16.7 Å². The largest absolute Gasteiger partial charge is 0.756 e. The third-order valence-electron chi connectivity index (χ3n) is 5.57. The molecule has 0 bridgehead atoms. The predicted molar refractivity (Wildman–Crippen MR) is 115 cm³/mol. The van der Waals surface area contributed by atoms with Gasteiger partial charge >= 0.3 is 0 Å². The number of anilines is 1. The maximum absolute atomic E-state index is 12.1. The number of carbonyl (C=O) groups is 1. The Morgan fingerprint density at radius 1 is 1.10 bits per heavy atom. The van der Waals surface area contributed by atoms with E-state index < -0.39 is 89.3 Å². The maximum atomic E-state index is 12.1. The number of imidazole rings is 1. The Labute approximate surface area is 215 Å². The van der Waals surface area contributed by atoms with E-state index in [1.165, 1.54) is 0 Å². The lowest BCUT2D eigenvalue weighted by atomic mass is 10.0. The van der Waals surface area contributed by atoms with Crippen molar-refractivity contribution in [1.82, 2.24) is 19.5 Å². The van der Waals surface area contributed by atoms with Gasteiger partial charge < -0.3 is 55.1 Å². The third kappa shape index (κ3) is 6.11. The minimum absolute atomic E-state index is 0.140. The second-order valence-corrected chi connectivity index (χ2v) is 11.1. The van der Waals surface area contributed by atoms with Crippen LogP contribution in [0.15, 0.2) is 11.1 Å². The number of hydrogen-bond acceptors (Lipinski definition) is 19. The minimum Gasteiger partial charge on any atom is -0.756 e. The molecule has 2 aliphatic heterocycles. The number of nitrogen functional groups attached to an aromatic ring is 1. The monoisotopic (exact) mass is 601 g/mol. The van der Waals surface area contributed by atoms with Crippen LogP contribution in [0.1, 0.15) is 6.23 Å². The Kier molecular flexibility index (Phi) is 8.39. The first-order valence-electron chi connectivity index (χ1n) is 10.7. The Morgan fingerprint density at radius 3 is 2.46 bits per heavy atom.